The lowest BCUT2D eigenvalue weighted by atomic mass is 9.94. The zero-order chi connectivity index (χ0) is 39.9. The zero-order valence-electron chi connectivity index (χ0n) is 33.2. The number of esters is 2. The number of ether oxygens (including phenoxy) is 2. The molecule has 0 unspecified atom stereocenters. The van der Waals surface area contributed by atoms with Gasteiger partial charge in [-0.1, -0.05) is 24.3 Å². The van der Waals surface area contributed by atoms with E-state index < -0.39 is 0 Å². The summed E-state index contributed by atoms with van der Waals surface area (Å²) in [4.78, 5) is 64.1. The summed E-state index contributed by atoms with van der Waals surface area (Å²) in [6.07, 6.45) is 7.73. The molecule has 4 aromatic rings. The van der Waals surface area contributed by atoms with Crippen molar-refractivity contribution in [2.45, 2.75) is 78.3 Å². The first-order valence-corrected chi connectivity index (χ1v) is 19.4. The predicted octanol–water partition coefficient (Wildman–Crippen LogP) is 7.01. The molecular formula is C44H52N6O6. The molecule has 12 heteroatoms. The van der Waals surface area contributed by atoms with E-state index in [4.69, 9.17) is 9.47 Å². The van der Waals surface area contributed by atoms with E-state index in [1.807, 2.05) is 86.3 Å². The monoisotopic (exact) mass is 760 g/mol. The second-order valence-electron chi connectivity index (χ2n) is 14.9. The number of anilines is 2. The second kappa shape index (κ2) is 18.0. The SMILES string of the molecule is CCOC(=O)CN(C)Cc1cnc(C(=O)Nc2cccc(-c3cccc(NC(=O)c4cc(C5CC5)c(CN(C)CC(=O)OCC)cn4)c3C)c2C)cc1C1CC1. The molecule has 2 N–H and O–H groups in total. The fourth-order valence-electron chi connectivity index (χ4n) is 7.11. The van der Waals surface area contributed by atoms with E-state index in [9.17, 15) is 19.2 Å². The van der Waals surface area contributed by atoms with E-state index in [2.05, 4.69) is 20.6 Å². The van der Waals surface area contributed by atoms with Crippen LogP contribution in [-0.2, 0) is 32.2 Å². The average Bonchev–Trinajstić information content (AvgIpc) is 4.09. The number of pyridine rings is 2. The molecule has 2 heterocycles. The Balaban J connectivity index is 1.15. The van der Waals surface area contributed by atoms with Gasteiger partial charge in [0, 0.05) is 36.9 Å². The number of hydrogen-bond acceptors (Lipinski definition) is 10. The molecule has 2 amide bonds. The van der Waals surface area contributed by atoms with Gasteiger partial charge >= 0.3 is 11.9 Å². The van der Waals surface area contributed by atoms with Crippen LogP contribution in [0, 0.1) is 13.8 Å². The fraction of sp³-hybridized carbons (Fsp3) is 0.409. The normalized spacial score (nSPS) is 13.8. The van der Waals surface area contributed by atoms with Gasteiger partial charge in [0.1, 0.15) is 11.4 Å². The van der Waals surface area contributed by atoms with Gasteiger partial charge < -0.3 is 20.1 Å². The summed E-state index contributed by atoms with van der Waals surface area (Å²) in [5.74, 6) is -0.387. The molecule has 2 saturated carbocycles. The Bertz CT molecular complexity index is 1960. The van der Waals surface area contributed by atoms with Crippen molar-refractivity contribution in [3.8, 4) is 11.1 Å². The first-order chi connectivity index (χ1) is 26.9. The summed E-state index contributed by atoms with van der Waals surface area (Å²) >= 11 is 0. The highest BCUT2D eigenvalue weighted by Crippen LogP contribution is 2.43. The Morgan fingerprint density at radius 1 is 0.661 bits per heavy atom. The molecule has 2 fully saturated rings. The summed E-state index contributed by atoms with van der Waals surface area (Å²) in [5, 5.41) is 6.17. The largest absolute Gasteiger partial charge is 0.465 e. The van der Waals surface area contributed by atoms with E-state index in [-0.39, 0.29) is 36.8 Å². The third-order valence-electron chi connectivity index (χ3n) is 10.3. The first kappa shape index (κ1) is 40.2. The van der Waals surface area contributed by atoms with E-state index in [1.165, 1.54) is 0 Å². The molecule has 0 bridgehead atoms. The molecule has 2 aromatic heterocycles. The standard InChI is InChI=1S/C44H52N6O6/c1-7-55-41(51)25-49(5)23-31-21-45-39(19-35(31)29-15-16-29)43(53)47-37-13-9-11-33(27(37)3)34-12-10-14-38(28(34)4)48-44(54)40-20-36(30-17-18-30)32(22-46-40)24-50(6)26-42(52)56-8-2/h9-14,19-22,29-30H,7-8,15-18,23-26H2,1-6H3,(H,47,53)(H,48,54). The molecule has 2 aliphatic rings. The summed E-state index contributed by atoms with van der Waals surface area (Å²) in [5.41, 5.74) is 9.81. The quantitative estimate of drug-likeness (QED) is 0.108. The highest BCUT2D eigenvalue weighted by Gasteiger charge is 2.29. The number of carbonyl (C=O) groups excluding carboxylic acids is 4. The lowest BCUT2D eigenvalue weighted by Gasteiger charge is -2.19. The van der Waals surface area contributed by atoms with Crippen molar-refractivity contribution in [2.75, 3.05) is 51.0 Å². The van der Waals surface area contributed by atoms with Crippen LogP contribution in [0.1, 0.15) is 106 Å². The van der Waals surface area contributed by atoms with Gasteiger partial charge in [0.2, 0.25) is 0 Å². The average molecular weight is 761 g/mol. The summed E-state index contributed by atoms with van der Waals surface area (Å²) < 4.78 is 10.2. The molecule has 0 atom stereocenters. The number of rotatable bonds is 17. The lowest BCUT2D eigenvalue weighted by Crippen LogP contribution is -2.27. The number of aromatic nitrogens is 2. The highest BCUT2D eigenvalue weighted by atomic mass is 16.5. The van der Waals surface area contributed by atoms with Crippen molar-refractivity contribution in [1.82, 2.24) is 19.8 Å². The maximum absolute atomic E-state index is 13.6. The topological polar surface area (TPSA) is 143 Å². The van der Waals surface area contributed by atoms with Crippen LogP contribution in [0.25, 0.3) is 11.1 Å². The molecule has 0 aliphatic heterocycles. The third kappa shape index (κ3) is 10.0. The number of carbonyl (C=O) groups is 4. The number of hydrogen-bond donors (Lipinski definition) is 2. The van der Waals surface area contributed by atoms with E-state index >= 15 is 0 Å². The van der Waals surface area contributed by atoms with Gasteiger partial charge in [-0.05, 0) is 148 Å². The van der Waals surface area contributed by atoms with Crippen molar-refractivity contribution < 1.29 is 28.7 Å². The van der Waals surface area contributed by atoms with Crippen LogP contribution >= 0.6 is 0 Å². The van der Waals surface area contributed by atoms with Crippen molar-refractivity contribution in [2.24, 2.45) is 0 Å². The van der Waals surface area contributed by atoms with Gasteiger partial charge in [-0.2, -0.15) is 0 Å². The second-order valence-corrected chi connectivity index (χ2v) is 14.9. The minimum absolute atomic E-state index is 0.177. The molecular weight excluding hydrogens is 709 g/mol. The Labute approximate surface area is 329 Å². The van der Waals surface area contributed by atoms with Crippen LogP contribution in [0.4, 0.5) is 11.4 Å². The molecule has 0 radical (unpaired) electrons. The van der Waals surface area contributed by atoms with Crippen LogP contribution in [-0.4, -0.2) is 83.9 Å². The maximum Gasteiger partial charge on any atom is 0.320 e. The van der Waals surface area contributed by atoms with Gasteiger partial charge in [-0.15, -0.1) is 0 Å². The van der Waals surface area contributed by atoms with E-state index in [0.717, 1.165) is 70.2 Å². The van der Waals surface area contributed by atoms with Crippen molar-refractivity contribution >= 4 is 35.1 Å². The molecule has 2 aromatic carbocycles. The Morgan fingerprint density at radius 2 is 1.05 bits per heavy atom. The Kier molecular flexibility index (Phi) is 12.9. The lowest BCUT2D eigenvalue weighted by molar-refractivity contribution is -0.145. The Hall–Kier alpha value is -5.46. The number of benzene rings is 2. The molecule has 56 heavy (non-hydrogen) atoms. The molecule has 6 rings (SSSR count). The van der Waals surface area contributed by atoms with Gasteiger partial charge in [-0.25, -0.2) is 0 Å². The third-order valence-corrected chi connectivity index (χ3v) is 10.3. The number of likely N-dealkylation sites (N-methyl/N-ethyl adjacent to an activating group) is 2. The van der Waals surface area contributed by atoms with Gasteiger partial charge in [0.05, 0.1) is 26.3 Å². The molecule has 0 saturated heterocycles. The number of nitrogens with one attached hydrogen (secondary N) is 2. The van der Waals surface area contributed by atoms with Crippen molar-refractivity contribution in [3.63, 3.8) is 0 Å². The van der Waals surface area contributed by atoms with Gasteiger partial charge in [0.15, 0.2) is 0 Å². The van der Waals surface area contributed by atoms with Crippen LogP contribution in [0.3, 0.4) is 0 Å². The number of nitrogens with zero attached hydrogens (tertiary/aromatic N) is 4. The molecule has 12 nitrogen and oxygen atoms in total. The number of amides is 2. The zero-order valence-corrected chi connectivity index (χ0v) is 33.2. The summed E-state index contributed by atoms with van der Waals surface area (Å²) in [6.45, 7) is 9.62. The highest BCUT2D eigenvalue weighted by molar-refractivity contribution is 6.05. The maximum atomic E-state index is 13.6. The molecule has 0 spiro atoms. The van der Waals surface area contributed by atoms with E-state index in [1.54, 1.807) is 26.2 Å². The summed E-state index contributed by atoms with van der Waals surface area (Å²) in [6, 6.07) is 15.3. The van der Waals surface area contributed by atoms with Crippen molar-refractivity contribution in [3.05, 3.63) is 106 Å². The van der Waals surface area contributed by atoms with Crippen LogP contribution in [0.15, 0.2) is 60.9 Å². The van der Waals surface area contributed by atoms with Crippen LogP contribution in [0.2, 0.25) is 0 Å². The smallest absolute Gasteiger partial charge is 0.320 e. The van der Waals surface area contributed by atoms with Crippen LogP contribution in [0.5, 0.6) is 0 Å². The minimum Gasteiger partial charge on any atom is -0.465 e. The molecule has 2 aliphatic carbocycles. The fourth-order valence-corrected chi connectivity index (χ4v) is 7.11. The van der Waals surface area contributed by atoms with Crippen molar-refractivity contribution in [1.29, 1.82) is 0 Å². The summed E-state index contributed by atoms with van der Waals surface area (Å²) in [7, 11) is 3.74. The Morgan fingerprint density at radius 3 is 1.41 bits per heavy atom. The first-order valence-electron chi connectivity index (χ1n) is 19.4. The van der Waals surface area contributed by atoms with Crippen LogP contribution < -0.4 is 10.6 Å². The minimum atomic E-state index is -0.300. The van der Waals surface area contributed by atoms with E-state index in [0.29, 0.717) is 60.9 Å². The predicted molar refractivity (Wildman–Crippen MR) is 216 cm³/mol. The molecule has 294 valence electrons. The van der Waals surface area contributed by atoms with Gasteiger partial charge in [0.25, 0.3) is 11.8 Å². The van der Waals surface area contributed by atoms with Gasteiger partial charge in [-0.3, -0.25) is 38.9 Å².